The minimum absolute atomic E-state index is 0.0470. The molecule has 0 saturated heterocycles. The van der Waals surface area contributed by atoms with Gasteiger partial charge in [0.1, 0.15) is 49.4 Å². The van der Waals surface area contributed by atoms with E-state index in [9.17, 15) is 28.8 Å². The van der Waals surface area contributed by atoms with E-state index in [2.05, 4.69) is 26.6 Å². The van der Waals surface area contributed by atoms with E-state index in [4.69, 9.17) is 26.2 Å². The Morgan fingerprint density at radius 2 is 1.53 bits per heavy atom. The number of likely N-dealkylation sites (N-methyl/N-ethyl adjacent to an activating group) is 1. The van der Waals surface area contributed by atoms with Gasteiger partial charge in [0.05, 0.1) is 19.2 Å². The van der Waals surface area contributed by atoms with Crippen molar-refractivity contribution in [3.8, 4) is 28.7 Å². The summed E-state index contributed by atoms with van der Waals surface area (Å²) in [6.45, 7) is 4.63. The van der Waals surface area contributed by atoms with Gasteiger partial charge in [0.25, 0.3) is 5.91 Å². The Hall–Kier alpha value is -6.51. The summed E-state index contributed by atoms with van der Waals surface area (Å²) in [7, 11) is 1.41. The minimum atomic E-state index is -1.33. The van der Waals surface area contributed by atoms with Crippen LogP contribution in [0.25, 0.3) is 11.1 Å². The molecule has 302 valence electrons. The van der Waals surface area contributed by atoms with Gasteiger partial charge in [-0.2, -0.15) is 5.26 Å². The third kappa shape index (κ3) is 11.5. The van der Waals surface area contributed by atoms with Crippen LogP contribution in [0.2, 0.25) is 0 Å². The number of rotatable bonds is 14. The second-order valence-corrected chi connectivity index (χ2v) is 13.4. The lowest BCUT2D eigenvalue weighted by atomic mass is 9.93. The molecule has 0 aliphatic carbocycles. The number of benzene rings is 3. The fourth-order valence-electron chi connectivity index (χ4n) is 6.16. The van der Waals surface area contributed by atoms with Gasteiger partial charge in [-0.15, -0.1) is 0 Å². The van der Waals surface area contributed by atoms with Crippen LogP contribution in [0.4, 0.5) is 0 Å². The van der Waals surface area contributed by atoms with E-state index >= 15 is 0 Å². The zero-order valence-corrected chi connectivity index (χ0v) is 32.4. The van der Waals surface area contributed by atoms with Crippen molar-refractivity contribution in [3.63, 3.8) is 0 Å². The number of carbonyl (C=O) groups is 6. The van der Waals surface area contributed by atoms with Crippen molar-refractivity contribution in [1.82, 2.24) is 31.5 Å². The quantitative estimate of drug-likeness (QED) is 0.106. The maximum atomic E-state index is 14.2. The van der Waals surface area contributed by atoms with E-state index in [-0.39, 0.29) is 39.3 Å². The molecule has 17 heteroatoms. The summed E-state index contributed by atoms with van der Waals surface area (Å²) in [5, 5.41) is 21.6. The monoisotopic (exact) mass is 783 g/mol. The van der Waals surface area contributed by atoms with Crippen LogP contribution >= 0.6 is 0 Å². The number of nitriles is 1. The molecule has 0 radical (unpaired) electrons. The molecule has 0 aromatic heterocycles. The van der Waals surface area contributed by atoms with E-state index in [1.807, 2.05) is 13.0 Å². The third-order valence-corrected chi connectivity index (χ3v) is 9.07. The normalized spacial score (nSPS) is 16.4. The Kier molecular flexibility index (Phi) is 15.5. The van der Waals surface area contributed by atoms with Crippen molar-refractivity contribution >= 4 is 35.4 Å². The highest BCUT2D eigenvalue weighted by atomic mass is 16.5. The van der Waals surface area contributed by atoms with E-state index in [0.29, 0.717) is 39.3 Å². The number of nitrogens with two attached hydrogens (primary N) is 2. The van der Waals surface area contributed by atoms with Gasteiger partial charge in [-0.05, 0) is 67.8 Å². The Labute approximate surface area is 330 Å². The molecule has 3 atom stereocenters. The SMILES string of the molecule is Cc1ccc(C(=O)NCC(=O)N(C)C2C(=O)N[C@@H](C)C(=O)NC(C(=O)NCC(=O)NCC#N)Cc3ccc(OCCN)c(c3)-c3cc2ccc3OCCN)c(C)c1. The zero-order valence-electron chi connectivity index (χ0n) is 32.4. The molecule has 3 aromatic rings. The van der Waals surface area contributed by atoms with Crippen molar-refractivity contribution in [3.05, 3.63) is 82.4 Å². The Morgan fingerprint density at radius 3 is 2.18 bits per heavy atom. The molecule has 1 aliphatic heterocycles. The lowest BCUT2D eigenvalue weighted by molar-refractivity contribution is -0.139. The van der Waals surface area contributed by atoms with Crippen LogP contribution in [0, 0.1) is 25.2 Å². The maximum absolute atomic E-state index is 14.2. The summed E-state index contributed by atoms with van der Waals surface area (Å²) in [6.07, 6.45) is -0.0470. The molecule has 1 heterocycles. The van der Waals surface area contributed by atoms with Crippen LogP contribution in [0.15, 0.2) is 54.6 Å². The fourth-order valence-corrected chi connectivity index (χ4v) is 6.16. The van der Waals surface area contributed by atoms with E-state index in [1.165, 1.54) is 18.9 Å². The summed E-state index contributed by atoms with van der Waals surface area (Å²) in [5.41, 5.74) is 15.5. The minimum Gasteiger partial charge on any atom is -0.492 e. The third-order valence-electron chi connectivity index (χ3n) is 9.07. The first-order valence-corrected chi connectivity index (χ1v) is 18.3. The number of aryl methyl sites for hydroxylation is 2. The molecule has 4 rings (SSSR count). The van der Waals surface area contributed by atoms with Gasteiger partial charge < -0.3 is 52.4 Å². The van der Waals surface area contributed by atoms with Crippen LogP contribution in [-0.4, -0.2) is 105 Å². The van der Waals surface area contributed by atoms with Crippen molar-refractivity contribution in [2.75, 3.05) is 53.0 Å². The van der Waals surface area contributed by atoms with Crippen LogP contribution in [-0.2, 0) is 30.4 Å². The number of nitrogens with one attached hydrogen (secondary N) is 5. The van der Waals surface area contributed by atoms with Crippen molar-refractivity contribution in [2.24, 2.45) is 11.5 Å². The summed E-state index contributed by atoms with van der Waals surface area (Å²) in [5.74, 6) is -3.09. The predicted octanol–water partition coefficient (Wildman–Crippen LogP) is -0.123. The number of fused-ring (bicyclic) bond motifs is 5. The highest BCUT2D eigenvalue weighted by molar-refractivity contribution is 5.99. The Bertz CT molecular complexity index is 2030. The Balaban J connectivity index is 1.80. The molecule has 9 N–H and O–H groups in total. The smallest absolute Gasteiger partial charge is 0.251 e. The van der Waals surface area contributed by atoms with Crippen LogP contribution in [0.1, 0.15) is 45.6 Å². The second-order valence-electron chi connectivity index (χ2n) is 13.4. The van der Waals surface area contributed by atoms with Gasteiger partial charge in [-0.25, -0.2) is 0 Å². The fraction of sp³-hybridized carbons (Fsp3) is 0.375. The van der Waals surface area contributed by atoms with Gasteiger partial charge in [0.15, 0.2) is 0 Å². The molecule has 17 nitrogen and oxygen atoms in total. The average Bonchev–Trinajstić information content (AvgIpc) is 3.19. The number of amides is 6. The number of nitrogens with zero attached hydrogens (tertiary/aromatic N) is 2. The van der Waals surface area contributed by atoms with Gasteiger partial charge in [-0.1, -0.05) is 29.8 Å². The summed E-state index contributed by atoms with van der Waals surface area (Å²) in [4.78, 5) is 81.5. The zero-order chi connectivity index (χ0) is 41.6. The highest BCUT2D eigenvalue weighted by Crippen LogP contribution is 2.40. The Morgan fingerprint density at radius 1 is 0.860 bits per heavy atom. The van der Waals surface area contributed by atoms with Crippen LogP contribution in [0.3, 0.4) is 0 Å². The summed E-state index contributed by atoms with van der Waals surface area (Å²) < 4.78 is 12.1. The number of hydrogen-bond acceptors (Lipinski definition) is 11. The topological polar surface area (TPSA) is 260 Å². The largest absolute Gasteiger partial charge is 0.492 e. The number of ether oxygens (including phenoxy) is 2. The van der Waals surface area contributed by atoms with Gasteiger partial charge in [0.2, 0.25) is 29.5 Å². The van der Waals surface area contributed by atoms with Gasteiger partial charge in [-0.3, -0.25) is 28.8 Å². The molecule has 2 unspecified atom stereocenters. The molecule has 3 aromatic carbocycles. The summed E-state index contributed by atoms with van der Waals surface area (Å²) in [6, 6.07) is 13.4. The molecule has 0 fully saturated rings. The first-order valence-electron chi connectivity index (χ1n) is 18.3. The van der Waals surface area contributed by atoms with Crippen LogP contribution < -0.4 is 47.5 Å². The van der Waals surface area contributed by atoms with E-state index < -0.39 is 66.7 Å². The molecule has 4 bridgehead atoms. The van der Waals surface area contributed by atoms with E-state index in [0.717, 1.165) is 11.1 Å². The molecule has 57 heavy (non-hydrogen) atoms. The first-order chi connectivity index (χ1) is 27.3. The lowest BCUT2D eigenvalue weighted by Gasteiger charge is -2.30. The van der Waals surface area contributed by atoms with Gasteiger partial charge >= 0.3 is 0 Å². The molecule has 0 spiro atoms. The lowest BCUT2D eigenvalue weighted by Crippen LogP contribution is -2.55. The highest BCUT2D eigenvalue weighted by Gasteiger charge is 2.33. The van der Waals surface area contributed by atoms with Crippen molar-refractivity contribution in [1.29, 1.82) is 5.26 Å². The molecule has 6 amide bonds. The maximum Gasteiger partial charge on any atom is 0.251 e. The molecule has 0 saturated carbocycles. The second kappa shape index (κ2) is 20.4. The predicted molar refractivity (Wildman–Crippen MR) is 210 cm³/mol. The summed E-state index contributed by atoms with van der Waals surface area (Å²) >= 11 is 0. The van der Waals surface area contributed by atoms with Crippen LogP contribution in [0.5, 0.6) is 11.5 Å². The standard InChI is InChI=1S/C40H49N9O8/c1-23-5-8-28(24(2)17-23)38(53)46-22-35(51)49(4)36-27-7-10-33(57-16-13-43)30(20-27)29-18-26(6-9-32(29)56-15-12-42)19-31(48-37(52)25(3)47-40(36)55)39(54)45-21-34(50)44-14-11-41/h5-10,17-18,20,25,31,36H,12-16,19,21-22,42-43H2,1-4H3,(H,44,50)(H,45,54)(H,46,53)(H,47,55)(H,48,52)/t25-,31?,36?/m0/s1. The van der Waals surface area contributed by atoms with Crippen molar-refractivity contribution in [2.45, 2.75) is 45.3 Å². The average molecular weight is 784 g/mol. The molecule has 1 aliphatic rings. The van der Waals surface area contributed by atoms with E-state index in [1.54, 1.807) is 61.5 Å². The number of hydrogen-bond donors (Lipinski definition) is 7. The first kappa shape index (κ1) is 43.2. The van der Waals surface area contributed by atoms with Gasteiger partial charge in [0, 0.05) is 43.2 Å². The molecular formula is C40H49N9O8. The number of carbonyl (C=O) groups excluding carboxylic acids is 6. The molecular weight excluding hydrogens is 734 g/mol. The van der Waals surface area contributed by atoms with Crippen molar-refractivity contribution < 1.29 is 38.2 Å².